The van der Waals surface area contributed by atoms with Crippen LogP contribution in [0.1, 0.15) is 52.4 Å². The van der Waals surface area contributed by atoms with Crippen molar-refractivity contribution < 1.29 is 4.79 Å². The Kier molecular flexibility index (Phi) is 4.43. The van der Waals surface area contributed by atoms with E-state index >= 15 is 0 Å². The highest BCUT2D eigenvalue weighted by atomic mass is 16.2. The molecule has 1 N–H and O–H groups in total. The van der Waals surface area contributed by atoms with E-state index in [1.54, 1.807) is 0 Å². The molecule has 0 aromatic rings. The second-order valence-corrected chi connectivity index (χ2v) is 5.87. The van der Waals surface area contributed by atoms with Crippen molar-refractivity contribution in [2.24, 2.45) is 5.92 Å². The summed E-state index contributed by atoms with van der Waals surface area (Å²) in [5.41, 5.74) is 0. The summed E-state index contributed by atoms with van der Waals surface area (Å²) < 4.78 is 0. The number of hydrogen-bond acceptors (Lipinski definition) is 2. The SMILES string of the molecule is C[C@@H]1CNC[C@@H](C)N1C(=O)CC1CCCCC1. The molecule has 0 aromatic heterocycles. The molecular weight excluding hydrogens is 212 g/mol. The standard InChI is InChI=1S/C14H26N2O/c1-11-9-15-10-12(2)16(11)14(17)8-13-6-4-3-5-7-13/h11-13,15H,3-10H2,1-2H3/t11-,12-/m1/s1. The average Bonchev–Trinajstić information content (AvgIpc) is 2.30. The van der Waals surface area contributed by atoms with Gasteiger partial charge in [0.1, 0.15) is 0 Å². The number of nitrogens with one attached hydrogen (secondary N) is 1. The van der Waals surface area contributed by atoms with Crippen LogP contribution in [-0.4, -0.2) is 36.0 Å². The first kappa shape index (κ1) is 12.9. The van der Waals surface area contributed by atoms with E-state index in [4.69, 9.17) is 0 Å². The summed E-state index contributed by atoms with van der Waals surface area (Å²) >= 11 is 0. The molecule has 3 heteroatoms. The highest BCUT2D eigenvalue weighted by Gasteiger charge is 2.30. The van der Waals surface area contributed by atoms with Crippen LogP contribution in [0, 0.1) is 5.92 Å². The zero-order valence-corrected chi connectivity index (χ0v) is 11.2. The molecule has 17 heavy (non-hydrogen) atoms. The van der Waals surface area contributed by atoms with Crippen molar-refractivity contribution in [2.75, 3.05) is 13.1 Å². The molecule has 0 unspecified atom stereocenters. The van der Waals surface area contributed by atoms with Gasteiger partial charge in [0.2, 0.25) is 5.91 Å². The van der Waals surface area contributed by atoms with Gasteiger partial charge in [0.05, 0.1) is 0 Å². The summed E-state index contributed by atoms with van der Waals surface area (Å²) in [5, 5.41) is 3.38. The van der Waals surface area contributed by atoms with Crippen molar-refractivity contribution in [1.29, 1.82) is 0 Å². The van der Waals surface area contributed by atoms with Crippen molar-refractivity contribution in [3.63, 3.8) is 0 Å². The minimum Gasteiger partial charge on any atom is -0.335 e. The van der Waals surface area contributed by atoms with E-state index in [2.05, 4.69) is 24.1 Å². The normalized spacial score (nSPS) is 31.5. The fourth-order valence-electron chi connectivity index (χ4n) is 3.37. The van der Waals surface area contributed by atoms with Crippen LogP contribution in [0.3, 0.4) is 0 Å². The van der Waals surface area contributed by atoms with Crippen LogP contribution in [0.5, 0.6) is 0 Å². The lowest BCUT2D eigenvalue weighted by Crippen LogP contribution is -2.57. The van der Waals surface area contributed by atoms with E-state index in [-0.39, 0.29) is 0 Å². The van der Waals surface area contributed by atoms with Crippen LogP contribution >= 0.6 is 0 Å². The third kappa shape index (κ3) is 3.21. The first-order chi connectivity index (χ1) is 8.18. The molecule has 1 aliphatic heterocycles. The lowest BCUT2D eigenvalue weighted by Gasteiger charge is -2.40. The van der Waals surface area contributed by atoms with Crippen molar-refractivity contribution in [1.82, 2.24) is 10.2 Å². The van der Waals surface area contributed by atoms with Gasteiger partial charge in [-0.25, -0.2) is 0 Å². The Bertz CT molecular complexity index is 251. The number of carbonyl (C=O) groups excluding carboxylic acids is 1. The van der Waals surface area contributed by atoms with Crippen LogP contribution in [-0.2, 0) is 4.79 Å². The molecule has 0 bridgehead atoms. The molecule has 98 valence electrons. The lowest BCUT2D eigenvalue weighted by atomic mass is 9.86. The minimum absolute atomic E-state index is 0.356. The highest BCUT2D eigenvalue weighted by Crippen LogP contribution is 2.27. The predicted octanol–water partition coefficient (Wildman–Crippen LogP) is 2.17. The van der Waals surface area contributed by atoms with E-state index in [0.29, 0.717) is 23.9 Å². The Morgan fingerprint density at radius 1 is 1.12 bits per heavy atom. The molecular formula is C14H26N2O. The molecule has 1 aliphatic carbocycles. The fraction of sp³-hybridized carbons (Fsp3) is 0.929. The van der Waals surface area contributed by atoms with Gasteiger partial charge in [0.25, 0.3) is 0 Å². The highest BCUT2D eigenvalue weighted by molar-refractivity contribution is 5.77. The molecule has 3 nitrogen and oxygen atoms in total. The van der Waals surface area contributed by atoms with Crippen LogP contribution in [0.4, 0.5) is 0 Å². The summed E-state index contributed by atoms with van der Waals surface area (Å²) in [6.07, 6.45) is 7.33. The molecule has 0 radical (unpaired) electrons. The van der Waals surface area contributed by atoms with Gasteiger partial charge in [0.15, 0.2) is 0 Å². The van der Waals surface area contributed by atoms with E-state index in [1.807, 2.05) is 0 Å². The molecule has 2 rings (SSSR count). The smallest absolute Gasteiger partial charge is 0.223 e. The Morgan fingerprint density at radius 3 is 2.29 bits per heavy atom. The monoisotopic (exact) mass is 238 g/mol. The van der Waals surface area contributed by atoms with Crippen LogP contribution in [0.15, 0.2) is 0 Å². The molecule has 2 fully saturated rings. The maximum absolute atomic E-state index is 12.4. The largest absolute Gasteiger partial charge is 0.335 e. The predicted molar refractivity (Wildman–Crippen MR) is 69.8 cm³/mol. The van der Waals surface area contributed by atoms with Crippen molar-refractivity contribution in [2.45, 2.75) is 64.5 Å². The fourth-order valence-corrected chi connectivity index (χ4v) is 3.37. The van der Waals surface area contributed by atoms with Gasteiger partial charge in [-0.05, 0) is 32.6 Å². The quantitative estimate of drug-likeness (QED) is 0.799. The van der Waals surface area contributed by atoms with Gasteiger partial charge in [0, 0.05) is 31.6 Å². The summed E-state index contributed by atoms with van der Waals surface area (Å²) in [4.78, 5) is 14.5. The zero-order chi connectivity index (χ0) is 12.3. The molecule has 1 amide bonds. The van der Waals surface area contributed by atoms with Gasteiger partial charge in [-0.3, -0.25) is 4.79 Å². The summed E-state index contributed by atoms with van der Waals surface area (Å²) in [6.45, 7) is 6.20. The molecule has 0 aromatic carbocycles. The van der Waals surface area contributed by atoms with Gasteiger partial charge >= 0.3 is 0 Å². The number of piperazine rings is 1. The summed E-state index contributed by atoms with van der Waals surface area (Å²) in [6, 6.07) is 0.713. The molecule has 0 spiro atoms. The molecule has 2 atom stereocenters. The zero-order valence-electron chi connectivity index (χ0n) is 11.2. The van der Waals surface area contributed by atoms with Crippen LogP contribution in [0.2, 0.25) is 0 Å². The first-order valence-corrected chi connectivity index (χ1v) is 7.20. The lowest BCUT2D eigenvalue weighted by molar-refractivity contribution is -0.137. The first-order valence-electron chi connectivity index (χ1n) is 7.20. The van der Waals surface area contributed by atoms with E-state index in [0.717, 1.165) is 19.5 Å². The van der Waals surface area contributed by atoms with Crippen LogP contribution < -0.4 is 5.32 Å². The molecule has 1 saturated heterocycles. The molecule has 2 aliphatic rings. The Morgan fingerprint density at radius 2 is 1.71 bits per heavy atom. The summed E-state index contributed by atoms with van der Waals surface area (Å²) in [5.74, 6) is 1.05. The van der Waals surface area contributed by atoms with Crippen molar-refractivity contribution >= 4 is 5.91 Å². The minimum atomic E-state index is 0.356. The van der Waals surface area contributed by atoms with E-state index < -0.39 is 0 Å². The Hall–Kier alpha value is -0.570. The van der Waals surface area contributed by atoms with E-state index in [1.165, 1.54) is 32.1 Å². The summed E-state index contributed by atoms with van der Waals surface area (Å²) in [7, 11) is 0. The Labute approximate surface area is 105 Å². The van der Waals surface area contributed by atoms with Crippen LogP contribution in [0.25, 0.3) is 0 Å². The third-order valence-electron chi connectivity index (χ3n) is 4.31. The molecule has 1 heterocycles. The third-order valence-corrected chi connectivity index (χ3v) is 4.31. The van der Waals surface area contributed by atoms with Gasteiger partial charge in [-0.2, -0.15) is 0 Å². The van der Waals surface area contributed by atoms with Gasteiger partial charge in [-0.1, -0.05) is 19.3 Å². The maximum Gasteiger partial charge on any atom is 0.223 e. The maximum atomic E-state index is 12.4. The number of rotatable bonds is 2. The van der Waals surface area contributed by atoms with Gasteiger partial charge < -0.3 is 10.2 Å². The van der Waals surface area contributed by atoms with Crippen molar-refractivity contribution in [3.8, 4) is 0 Å². The second kappa shape index (κ2) is 5.85. The number of carbonyl (C=O) groups is 1. The topological polar surface area (TPSA) is 32.3 Å². The van der Waals surface area contributed by atoms with E-state index in [9.17, 15) is 4.79 Å². The average molecular weight is 238 g/mol. The number of nitrogens with zero attached hydrogens (tertiary/aromatic N) is 1. The number of hydrogen-bond donors (Lipinski definition) is 1. The van der Waals surface area contributed by atoms with Gasteiger partial charge in [-0.15, -0.1) is 0 Å². The second-order valence-electron chi connectivity index (χ2n) is 5.87. The van der Waals surface area contributed by atoms with Crippen molar-refractivity contribution in [3.05, 3.63) is 0 Å². The Balaban J connectivity index is 1.88. The molecule has 1 saturated carbocycles. The number of amides is 1.